The summed E-state index contributed by atoms with van der Waals surface area (Å²) in [5, 5.41) is 10.4. The Morgan fingerprint density at radius 3 is 2.68 bits per heavy atom. The van der Waals surface area contributed by atoms with E-state index in [0.29, 0.717) is 30.0 Å². The van der Waals surface area contributed by atoms with Crippen molar-refractivity contribution in [2.24, 2.45) is 4.99 Å². The van der Waals surface area contributed by atoms with Gasteiger partial charge in [0.25, 0.3) is 0 Å². The van der Waals surface area contributed by atoms with Gasteiger partial charge in [-0.15, -0.1) is 0 Å². The van der Waals surface area contributed by atoms with Crippen molar-refractivity contribution in [1.82, 2.24) is 14.5 Å². The number of hydrogen-bond donors (Lipinski definition) is 1. The number of fused-ring (bicyclic) bond motifs is 1. The van der Waals surface area contributed by atoms with Crippen LogP contribution >= 0.6 is 0 Å². The lowest BCUT2D eigenvalue weighted by Crippen LogP contribution is -2.54. The molecule has 2 aliphatic heterocycles. The van der Waals surface area contributed by atoms with Crippen LogP contribution in [0.5, 0.6) is 5.75 Å². The number of nitrogens with zero attached hydrogens (tertiary/aromatic N) is 4. The highest BCUT2D eigenvalue weighted by Crippen LogP contribution is 2.40. The van der Waals surface area contributed by atoms with Gasteiger partial charge in [0.1, 0.15) is 22.9 Å². The Bertz CT molecular complexity index is 1310. The van der Waals surface area contributed by atoms with E-state index in [9.17, 15) is 14.3 Å². The Morgan fingerprint density at radius 2 is 2.00 bits per heavy atom. The number of aliphatic hydroxyl groups excluding tert-OH is 1. The molecule has 2 aliphatic rings. The van der Waals surface area contributed by atoms with Gasteiger partial charge >= 0.3 is 0 Å². The van der Waals surface area contributed by atoms with Crippen molar-refractivity contribution in [2.75, 3.05) is 20.3 Å². The van der Waals surface area contributed by atoms with E-state index >= 15 is 0 Å². The van der Waals surface area contributed by atoms with Crippen molar-refractivity contribution in [2.45, 2.75) is 25.3 Å². The highest BCUT2D eigenvalue weighted by molar-refractivity contribution is 6.14. The number of amidine groups is 1. The lowest BCUT2D eigenvalue weighted by Gasteiger charge is -2.40. The molecule has 0 saturated carbocycles. The number of aryl methyl sites for hydroxylation is 1. The van der Waals surface area contributed by atoms with E-state index < -0.39 is 5.54 Å². The predicted molar refractivity (Wildman–Crippen MR) is 126 cm³/mol. The molecule has 0 bridgehead atoms. The fraction of sp³-hybridized carbons (Fsp3) is 0.269. The largest absolute Gasteiger partial charge is 0.495 e. The third-order valence-electron chi connectivity index (χ3n) is 6.45. The molecule has 1 atom stereocenters. The molecule has 3 aromatic rings. The standard InChI is InChI=1S/C26H25FN4O3/c1-17-13-30(16-29-17)22-9-3-18(12-23(22)34-2)11-19-4-10-24(33)31-25(19)28-14-26(31,15-32)20-5-7-21(27)8-6-20/h3,5-9,11-13,16,32H,4,10,14-15H2,1-2H3/b19-11+. The van der Waals surface area contributed by atoms with Crippen LogP contribution in [0.4, 0.5) is 4.39 Å². The minimum atomic E-state index is -1.03. The molecule has 1 N–H and O–H groups in total. The van der Waals surface area contributed by atoms with Crippen LogP contribution in [-0.2, 0) is 10.3 Å². The first-order chi connectivity index (χ1) is 16.4. The fourth-order valence-corrected chi connectivity index (χ4v) is 4.70. The molecular formula is C26H25FN4O3. The number of rotatable bonds is 5. The van der Waals surface area contributed by atoms with E-state index in [1.165, 1.54) is 12.1 Å². The topological polar surface area (TPSA) is 80.0 Å². The van der Waals surface area contributed by atoms with Gasteiger partial charge in [-0.2, -0.15) is 0 Å². The molecule has 0 aliphatic carbocycles. The molecule has 1 fully saturated rings. The molecular weight excluding hydrogens is 435 g/mol. The lowest BCUT2D eigenvalue weighted by molar-refractivity contribution is -0.133. The maximum Gasteiger partial charge on any atom is 0.229 e. The van der Waals surface area contributed by atoms with Gasteiger partial charge in [0.15, 0.2) is 0 Å². The minimum absolute atomic E-state index is 0.102. The van der Waals surface area contributed by atoms with Crippen molar-refractivity contribution < 1.29 is 19.0 Å². The van der Waals surface area contributed by atoms with Crippen molar-refractivity contribution in [3.63, 3.8) is 0 Å². The lowest BCUT2D eigenvalue weighted by atomic mass is 9.87. The van der Waals surface area contributed by atoms with Crippen LogP contribution in [0.3, 0.4) is 0 Å². The molecule has 5 rings (SSSR count). The number of aliphatic hydroxyl groups is 1. The van der Waals surface area contributed by atoms with Crippen molar-refractivity contribution in [1.29, 1.82) is 0 Å². The number of benzene rings is 2. The zero-order valence-corrected chi connectivity index (χ0v) is 19.0. The van der Waals surface area contributed by atoms with Crippen LogP contribution in [0.15, 0.2) is 65.6 Å². The van der Waals surface area contributed by atoms with Crippen LogP contribution in [0, 0.1) is 12.7 Å². The molecule has 0 spiro atoms. The average Bonchev–Trinajstić information content (AvgIpc) is 3.46. The Balaban J connectivity index is 1.50. The number of piperidine rings is 1. The Hall–Kier alpha value is -3.78. The van der Waals surface area contributed by atoms with E-state index in [1.807, 2.05) is 42.0 Å². The van der Waals surface area contributed by atoms with E-state index in [2.05, 4.69) is 9.98 Å². The van der Waals surface area contributed by atoms with Gasteiger partial charge in [0, 0.05) is 12.6 Å². The summed E-state index contributed by atoms with van der Waals surface area (Å²) >= 11 is 0. The molecule has 174 valence electrons. The summed E-state index contributed by atoms with van der Waals surface area (Å²) in [7, 11) is 1.62. The third-order valence-corrected chi connectivity index (χ3v) is 6.45. The van der Waals surface area contributed by atoms with Crippen LogP contribution in [-0.4, -0.2) is 51.6 Å². The molecule has 1 amide bonds. The first-order valence-electron chi connectivity index (χ1n) is 11.1. The second-order valence-corrected chi connectivity index (χ2v) is 8.59. The number of ether oxygens (including phenoxy) is 1. The number of halogens is 1. The number of methoxy groups -OCH3 is 1. The van der Waals surface area contributed by atoms with Crippen molar-refractivity contribution >= 4 is 17.8 Å². The zero-order chi connectivity index (χ0) is 23.9. The predicted octanol–water partition coefficient (Wildman–Crippen LogP) is 3.63. The summed E-state index contributed by atoms with van der Waals surface area (Å²) in [6.07, 6.45) is 6.52. The van der Waals surface area contributed by atoms with Crippen molar-refractivity contribution in [3.8, 4) is 11.4 Å². The third kappa shape index (κ3) is 3.60. The first-order valence-corrected chi connectivity index (χ1v) is 11.1. The van der Waals surface area contributed by atoms with E-state index in [4.69, 9.17) is 4.74 Å². The maximum atomic E-state index is 13.5. The molecule has 34 heavy (non-hydrogen) atoms. The number of aliphatic imine (C=N–C) groups is 1. The number of aromatic nitrogens is 2. The average molecular weight is 461 g/mol. The maximum absolute atomic E-state index is 13.5. The highest BCUT2D eigenvalue weighted by atomic mass is 19.1. The second-order valence-electron chi connectivity index (χ2n) is 8.59. The smallest absolute Gasteiger partial charge is 0.229 e. The molecule has 8 heteroatoms. The van der Waals surface area contributed by atoms with E-state index in [0.717, 1.165) is 22.5 Å². The molecule has 1 unspecified atom stereocenters. The van der Waals surface area contributed by atoms with Gasteiger partial charge in [-0.25, -0.2) is 9.37 Å². The zero-order valence-electron chi connectivity index (χ0n) is 19.0. The molecule has 1 saturated heterocycles. The van der Waals surface area contributed by atoms with Crippen LogP contribution < -0.4 is 4.74 Å². The van der Waals surface area contributed by atoms with E-state index in [1.54, 1.807) is 30.5 Å². The summed E-state index contributed by atoms with van der Waals surface area (Å²) in [5.74, 6) is 0.780. The van der Waals surface area contributed by atoms with Crippen molar-refractivity contribution in [3.05, 3.63) is 83.2 Å². The number of imidazole rings is 1. The highest BCUT2D eigenvalue weighted by Gasteiger charge is 2.49. The van der Waals surface area contributed by atoms with Gasteiger partial charge in [-0.1, -0.05) is 18.2 Å². The fourth-order valence-electron chi connectivity index (χ4n) is 4.70. The number of carbonyl (C=O) groups excluding carboxylic acids is 1. The Morgan fingerprint density at radius 1 is 1.21 bits per heavy atom. The van der Waals surface area contributed by atoms with Gasteiger partial charge in [-0.05, 0) is 60.4 Å². The monoisotopic (exact) mass is 460 g/mol. The van der Waals surface area contributed by atoms with Crippen LogP contribution in [0.2, 0.25) is 0 Å². The molecule has 0 radical (unpaired) electrons. The number of amides is 1. The van der Waals surface area contributed by atoms with Crippen LogP contribution in [0.25, 0.3) is 11.8 Å². The minimum Gasteiger partial charge on any atom is -0.495 e. The van der Waals surface area contributed by atoms with Gasteiger partial charge < -0.3 is 14.4 Å². The second kappa shape index (κ2) is 8.53. The quantitative estimate of drug-likeness (QED) is 0.631. The van der Waals surface area contributed by atoms with E-state index in [-0.39, 0.29) is 24.9 Å². The summed E-state index contributed by atoms with van der Waals surface area (Å²) in [5.41, 5.74) is 3.23. The van der Waals surface area contributed by atoms with Gasteiger partial charge in [0.05, 0.1) is 38.0 Å². The molecule has 1 aromatic heterocycles. The SMILES string of the molecule is COc1cc(/C=C2\CCC(=O)N3C2=NCC3(CO)c2ccc(F)cc2)ccc1-n1cnc(C)c1. The van der Waals surface area contributed by atoms with Gasteiger partial charge in [-0.3, -0.25) is 14.7 Å². The first kappa shape index (κ1) is 22.0. The summed E-state index contributed by atoms with van der Waals surface area (Å²) in [6.45, 7) is 1.84. The Kier molecular flexibility index (Phi) is 5.53. The normalized spacial score (nSPS) is 21.1. The Labute approximate surface area is 196 Å². The summed E-state index contributed by atoms with van der Waals surface area (Å²) in [4.78, 5) is 23.5. The summed E-state index contributed by atoms with van der Waals surface area (Å²) in [6, 6.07) is 11.8. The molecule has 7 nitrogen and oxygen atoms in total. The molecule has 3 heterocycles. The van der Waals surface area contributed by atoms with Crippen LogP contribution in [0.1, 0.15) is 29.7 Å². The number of hydrogen-bond acceptors (Lipinski definition) is 5. The summed E-state index contributed by atoms with van der Waals surface area (Å²) < 4.78 is 21.1. The van der Waals surface area contributed by atoms with Gasteiger partial charge in [0.2, 0.25) is 5.91 Å². The molecule has 2 aromatic carbocycles. The number of carbonyl (C=O) groups is 1.